The maximum atomic E-state index is 11.1. The Balaban J connectivity index is 3.31. The summed E-state index contributed by atoms with van der Waals surface area (Å²) in [4.78, 5) is 11.1. The number of esters is 1. The first kappa shape index (κ1) is 16.2. The highest BCUT2D eigenvalue weighted by atomic mass is 16.5. The molecule has 0 aromatic heterocycles. The molecular weight excluding hydrogens is 212 g/mol. The summed E-state index contributed by atoms with van der Waals surface area (Å²) in [7, 11) is 1.43. The highest BCUT2D eigenvalue weighted by Crippen LogP contribution is 2.10. The van der Waals surface area contributed by atoms with E-state index in [4.69, 9.17) is 0 Å². The monoisotopic (exact) mass is 240 g/mol. The second-order valence-electron chi connectivity index (χ2n) is 4.64. The second-order valence-corrected chi connectivity index (χ2v) is 4.64. The van der Waals surface area contributed by atoms with Gasteiger partial charge in [0.05, 0.1) is 7.11 Å². The van der Waals surface area contributed by atoms with Crippen LogP contribution in [0.15, 0.2) is 11.6 Å². The van der Waals surface area contributed by atoms with Gasteiger partial charge in [0.1, 0.15) is 0 Å². The molecule has 2 nitrogen and oxygen atoms in total. The summed E-state index contributed by atoms with van der Waals surface area (Å²) in [6.07, 6.45) is 13.6. The van der Waals surface area contributed by atoms with Crippen LogP contribution in [-0.4, -0.2) is 13.1 Å². The highest BCUT2D eigenvalue weighted by Gasteiger charge is 2.00. The van der Waals surface area contributed by atoms with Crippen molar-refractivity contribution < 1.29 is 9.53 Å². The molecule has 0 aliphatic heterocycles. The van der Waals surface area contributed by atoms with Gasteiger partial charge in [-0.25, -0.2) is 4.79 Å². The number of unbranched alkanes of at least 4 members (excludes halogenated alkanes) is 8. The molecule has 0 aliphatic rings. The summed E-state index contributed by atoms with van der Waals surface area (Å²) in [5.74, 6) is -0.204. The number of hydrogen-bond donors (Lipinski definition) is 0. The molecule has 17 heavy (non-hydrogen) atoms. The smallest absolute Gasteiger partial charge is 0.333 e. The van der Waals surface area contributed by atoms with Gasteiger partial charge in [0.25, 0.3) is 0 Å². The maximum Gasteiger partial charge on any atom is 0.333 e. The molecule has 0 saturated carbocycles. The third-order valence-corrected chi connectivity index (χ3v) is 3.02. The van der Waals surface area contributed by atoms with Crippen molar-refractivity contribution in [1.82, 2.24) is 0 Å². The Labute approximate surface area is 106 Å². The Morgan fingerprint density at radius 3 is 2.06 bits per heavy atom. The number of allylic oxidation sites excluding steroid dienone is 1. The van der Waals surface area contributed by atoms with Crippen molar-refractivity contribution in [3.63, 3.8) is 0 Å². The van der Waals surface area contributed by atoms with Crippen molar-refractivity contribution in [1.29, 1.82) is 0 Å². The molecule has 0 atom stereocenters. The SMILES string of the molecule is CCCCCCCCCC/C=C(\C)C(=O)OC. The van der Waals surface area contributed by atoms with Crippen LogP contribution in [0.3, 0.4) is 0 Å². The number of carbonyl (C=O) groups excluding carboxylic acids is 1. The van der Waals surface area contributed by atoms with E-state index >= 15 is 0 Å². The highest BCUT2D eigenvalue weighted by molar-refractivity contribution is 5.87. The van der Waals surface area contributed by atoms with E-state index in [9.17, 15) is 4.79 Å². The number of hydrogen-bond acceptors (Lipinski definition) is 2. The largest absolute Gasteiger partial charge is 0.466 e. The molecule has 0 radical (unpaired) electrons. The van der Waals surface area contributed by atoms with Gasteiger partial charge in [0, 0.05) is 5.57 Å². The van der Waals surface area contributed by atoms with E-state index < -0.39 is 0 Å². The summed E-state index contributed by atoms with van der Waals surface area (Å²) in [6, 6.07) is 0. The molecule has 0 aromatic carbocycles. The van der Waals surface area contributed by atoms with Crippen molar-refractivity contribution in [3.8, 4) is 0 Å². The van der Waals surface area contributed by atoms with Gasteiger partial charge in [0.15, 0.2) is 0 Å². The lowest BCUT2D eigenvalue weighted by Crippen LogP contribution is -2.01. The minimum absolute atomic E-state index is 0.204. The zero-order chi connectivity index (χ0) is 12.9. The van der Waals surface area contributed by atoms with E-state index in [0.29, 0.717) is 0 Å². The van der Waals surface area contributed by atoms with Crippen molar-refractivity contribution >= 4 is 5.97 Å². The zero-order valence-corrected chi connectivity index (χ0v) is 11.8. The molecular formula is C15H28O2. The van der Waals surface area contributed by atoms with E-state index in [0.717, 1.165) is 12.0 Å². The Bertz CT molecular complexity index is 219. The Morgan fingerprint density at radius 1 is 1.00 bits per heavy atom. The van der Waals surface area contributed by atoms with Gasteiger partial charge in [-0.3, -0.25) is 0 Å². The van der Waals surface area contributed by atoms with Crippen LogP contribution < -0.4 is 0 Å². The molecule has 100 valence electrons. The van der Waals surface area contributed by atoms with Gasteiger partial charge in [-0.2, -0.15) is 0 Å². The van der Waals surface area contributed by atoms with Crippen LogP contribution in [0.2, 0.25) is 0 Å². The molecule has 0 unspecified atom stereocenters. The second kappa shape index (κ2) is 11.7. The minimum Gasteiger partial charge on any atom is -0.466 e. The number of carbonyl (C=O) groups is 1. The van der Waals surface area contributed by atoms with Gasteiger partial charge >= 0.3 is 5.97 Å². The van der Waals surface area contributed by atoms with E-state index in [1.807, 2.05) is 13.0 Å². The van der Waals surface area contributed by atoms with Crippen LogP contribution in [0.5, 0.6) is 0 Å². The van der Waals surface area contributed by atoms with E-state index in [-0.39, 0.29) is 5.97 Å². The van der Waals surface area contributed by atoms with Crippen LogP contribution >= 0.6 is 0 Å². The molecule has 0 bridgehead atoms. The van der Waals surface area contributed by atoms with E-state index in [1.54, 1.807) is 0 Å². The number of ether oxygens (including phenoxy) is 1. The van der Waals surface area contributed by atoms with Gasteiger partial charge in [-0.1, -0.05) is 57.9 Å². The Hall–Kier alpha value is -0.790. The molecule has 0 heterocycles. The molecule has 0 spiro atoms. The number of methoxy groups -OCH3 is 1. The standard InChI is InChI=1S/C15H28O2/c1-4-5-6-7-8-9-10-11-12-13-14(2)15(16)17-3/h13H,4-12H2,1-3H3/b14-13+. The van der Waals surface area contributed by atoms with Gasteiger partial charge in [0.2, 0.25) is 0 Å². The molecule has 0 rings (SSSR count). The van der Waals surface area contributed by atoms with E-state index in [2.05, 4.69) is 11.7 Å². The summed E-state index contributed by atoms with van der Waals surface area (Å²) in [5, 5.41) is 0. The average molecular weight is 240 g/mol. The van der Waals surface area contributed by atoms with Crippen LogP contribution in [-0.2, 0) is 9.53 Å². The first-order chi connectivity index (χ1) is 8.22. The summed E-state index contributed by atoms with van der Waals surface area (Å²) >= 11 is 0. The van der Waals surface area contributed by atoms with Gasteiger partial charge in [-0.05, 0) is 19.8 Å². The fourth-order valence-electron chi connectivity index (χ4n) is 1.84. The third-order valence-electron chi connectivity index (χ3n) is 3.02. The quantitative estimate of drug-likeness (QED) is 0.316. The van der Waals surface area contributed by atoms with Crippen molar-refractivity contribution in [2.45, 2.75) is 71.6 Å². The molecule has 0 saturated heterocycles. The molecule has 0 aliphatic carbocycles. The normalized spacial score (nSPS) is 11.6. The molecule has 0 N–H and O–H groups in total. The zero-order valence-electron chi connectivity index (χ0n) is 11.8. The van der Waals surface area contributed by atoms with Gasteiger partial charge in [-0.15, -0.1) is 0 Å². The van der Waals surface area contributed by atoms with Crippen LogP contribution in [0, 0.1) is 0 Å². The lowest BCUT2D eigenvalue weighted by atomic mass is 10.1. The summed E-state index contributed by atoms with van der Waals surface area (Å²) in [5.41, 5.74) is 0.732. The van der Waals surface area contributed by atoms with Crippen LogP contribution in [0.4, 0.5) is 0 Å². The first-order valence-corrected chi connectivity index (χ1v) is 6.97. The molecule has 0 aromatic rings. The summed E-state index contributed by atoms with van der Waals surface area (Å²) < 4.78 is 4.64. The van der Waals surface area contributed by atoms with Crippen LogP contribution in [0.25, 0.3) is 0 Å². The fourth-order valence-corrected chi connectivity index (χ4v) is 1.84. The predicted molar refractivity (Wildman–Crippen MR) is 73.0 cm³/mol. The lowest BCUT2D eigenvalue weighted by molar-refractivity contribution is -0.136. The Kier molecular flexibility index (Phi) is 11.1. The lowest BCUT2D eigenvalue weighted by Gasteiger charge is -2.01. The number of rotatable bonds is 10. The molecule has 2 heteroatoms. The Morgan fingerprint density at radius 2 is 1.53 bits per heavy atom. The predicted octanol–water partition coefficient (Wildman–Crippen LogP) is 4.64. The molecule has 0 amide bonds. The fraction of sp³-hybridized carbons (Fsp3) is 0.800. The third kappa shape index (κ3) is 10.1. The molecule has 0 fully saturated rings. The van der Waals surface area contributed by atoms with Crippen molar-refractivity contribution in [2.75, 3.05) is 7.11 Å². The van der Waals surface area contributed by atoms with Crippen LogP contribution in [0.1, 0.15) is 71.6 Å². The van der Waals surface area contributed by atoms with Crippen molar-refractivity contribution in [3.05, 3.63) is 11.6 Å². The van der Waals surface area contributed by atoms with E-state index in [1.165, 1.54) is 58.5 Å². The first-order valence-electron chi connectivity index (χ1n) is 6.97. The van der Waals surface area contributed by atoms with Gasteiger partial charge < -0.3 is 4.74 Å². The average Bonchev–Trinajstić information content (AvgIpc) is 2.35. The maximum absolute atomic E-state index is 11.1. The topological polar surface area (TPSA) is 26.3 Å². The van der Waals surface area contributed by atoms with Crippen molar-refractivity contribution in [2.24, 2.45) is 0 Å². The summed E-state index contributed by atoms with van der Waals surface area (Å²) in [6.45, 7) is 4.06. The minimum atomic E-state index is -0.204.